The number of thiocarbonyl (C=S) groups is 1. The smallest absolute Gasteiger partial charge is 0.251 e. The molecule has 0 heterocycles. The molecule has 0 saturated heterocycles. The van der Waals surface area contributed by atoms with Gasteiger partial charge in [-0.3, -0.25) is 4.79 Å². The molecule has 1 rings (SSSR count). The van der Waals surface area contributed by atoms with Crippen LogP contribution in [0.2, 0.25) is 0 Å². The summed E-state index contributed by atoms with van der Waals surface area (Å²) in [6.45, 7) is 1.76. The maximum atomic E-state index is 11.8. The minimum Gasteiger partial charge on any atom is -0.392 e. The first-order valence-electron chi connectivity index (χ1n) is 5.29. The molecule has 3 N–H and O–H groups in total. The Labute approximate surface area is 107 Å². The molecule has 0 fully saturated rings. The number of hydrogen-bond donors (Lipinski definition) is 2. The summed E-state index contributed by atoms with van der Waals surface area (Å²) < 4.78 is 0. The third-order valence-electron chi connectivity index (χ3n) is 2.42. The lowest BCUT2D eigenvalue weighted by Gasteiger charge is -2.14. The highest BCUT2D eigenvalue weighted by Crippen LogP contribution is 2.12. The summed E-state index contributed by atoms with van der Waals surface area (Å²) in [4.78, 5) is 14.1. The summed E-state index contributed by atoms with van der Waals surface area (Å²) in [5.74, 6) is -0.171. The number of nitrogens with two attached hydrogens (primary N) is 1. The first-order valence-corrected chi connectivity index (χ1v) is 5.70. The Bertz CT molecular complexity index is 414. The Morgan fingerprint density at radius 1 is 1.35 bits per heavy atom. The predicted molar refractivity (Wildman–Crippen MR) is 74.5 cm³/mol. The molecule has 0 aromatic heterocycles. The molecule has 1 aromatic rings. The molecule has 0 radical (unpaired) electrons. The van der Waals surface area contributed by atoms with Gasteiger partial charge in [0.05, 0.1) is 11.0 Å². The van der Waals surface area contributed by atoms with Gasteiger partial charge in [0.1, 0.15) is 0 Å². The van der Waals surface area contributed by atoms with E-state index in [-0.39, 0.29) is 16.9 Å². The van der Waals surface area contributed by atoms with Crippen LogP contribution in [0.25, 0.3) is 0 Å². The van der Waals surface area contributed by atoms with Crippen LogP contribution < -0.4 is 16.0 Å². The van der Waals surface area contributed by atoms with E-state index in [1.165, 1.54) is 0 Å². The van der Waals surface area contributed by atoms with Crippen molar-refractivity contribution in [1.29, 1.82) is 0 Å². The molecule has 0 aliphatic heterocycles. The van der Waals surface area contributed by atoms with E-state index in [9.17, 15) is 4.79 Å². The maximum absolute atomic E-state index is 11.8. The minimum absolute atomic E-state index is 0.171. The second-order valence-electron chi connectivity index (χ2n) is 4.04. The van der Waals surface area contributed by atoms with Gasteiger partial charge >= 0.3 is 0 Å². The van der Waals surface area contributed by atoms with Gasteiger partial charge in [-0.2, -0.15) is 0 Å². The summed E-state index contributed by atoms with van der Waals surface area (Å²) in [6.07, 6.45) is 0. The van der Waals surface area contributed by atoms with E-state index in [1.54, 1.807) is 19.1 Å². The van der Waals surface area contributed by atoms with Crippen molar-refractivity contribution >= 4 is 28.8 Å². The van der Waals surface area contributed by atoms with E-state index < -0.39 is 0 Å². The van der Waals surface area contributed by atoms with Gasteiger partial charge in [0.2, 0.25) is 0 Å². The summed E-state index contributed by atoms with van der Waals surface area (Å²) in [6, 6.07) is 7.03. The largest absolute Gasteiger partial charge is 0.392 e. The lowest BCUT2D eigenvalue weighted by atomic mass is 10.1. The maximum Gasteiger partial charge on any atom is 0.251 e. The molecular weight excluding hydrogens is 234 g/mol. The zero-order valence-corrected chi connectivity index (χ0v) is 11.0. The lowest BCUT2D eigenvalue weighted by Crippen LogP contribution is -2.41. The third kappa shape index (κ3) is 3.71. The highest BCUT2D eigenvalue weighted by Gasteiger charge is 2.11. The van der Waals surface area contributed by atoms with Crippen molar-refractivity contribution in [1.82, 2.24) is 5.32 Å². The van der Waals surface area contributed by atoms with Gasteiger partial charge in [0.15, 0.2) is 0 Å². The van der Waals surface area contributed by atoms with Gasteiger partial charge in [0.25, 0.3) is 5.91 Å². The zero-order valence-electron chi connectivity index (χ0n) is 10.2. The Morgan fingerprint density at radius 2 is 1.88 bits per heavy atom. The number of benzene rings is 1. The van der Waals surface area contributed by atoms with Gasteiger partial charge in [-0.05, 0) is 31.2 Å². The summed E-state index contributed by atoms with van der Waals surface area (Å²) in [7, 11) is 3.90. The average Bonchev–Trinajstić information content (AvgIpc) is 2.28. The Morgan fingerprint density at radius 3 is 2.29 bits per heavy atom. The highest BCUT2D eigenvalue weighted by molar-refractivity contribution is 7.80. The van der Waals surface area contributed by atoms with Gasteiger partial charge in [-0.1, -0.05) is 12.2 Å². The lowest BCUT2D eigenvalue weighted by molar-refractivity contribution is 0.0949. The first kappa shape index (κ1) is 13.4. The topological polar surface area (TPSA) is 58.4 Å². The number of rotatable bonds is 4. The van der Waals surface area contributed by atoms with Crippen LogP contribution in [0.4, 0.5) is 5.69 Å². The molecule has 4 nitrogen and oxygen atoms in total. The number of carbonyl (C=O) groups excluding carboxylic acids is 1. The summed E-state index contributed by atoms with van der Waals surface area (Å²) in [5.41, 5.74) is 7.08. The molecular formula is C12H17N3OS. The minimum atomic E-state index is -0.300. The molecule has 0 saturated carbocycles. The second kappa shape index (κ2) is 5.63. The fourth-order valence-electron chi connectivity index (χ4n) is 1.26. The van der Waals surface area contributed by atoms with Crippen LogP contribution in [0.15, 0.2) is 24.3 Å². The molecule has 17 heavy (non-hydrogen) atoms. The van der Waals surface area contributed by atoms with Crippen LogP contribution in [0.5, 0.6) is 0 Å². The van der Waals surface area contributed by atoms with Crippen molar-refractivity contribution in [2.24, 2.45) is 5.73 Å². The van der Waals surface area contributed by atoms with Crippen molar-refractivity contribution in [2.45, 2.75) is 13.0 Å². The molecule has 92 valence electrons. The predicted octanol–water partition coefficient (Wildman–Crippen LogP) is 1.16. The monoisotopic (exact) mass is 251 g/mol. The molecule has 1 unspecified atom stereocenters. The summed E-state index contributed by atoms with van der Waals surface area (Å²) in [5, 5.41) is 2.73. The van der Waals surface area contributed by atoms with Crippen molar-refractivity contribution in [3.8, 4) is 0 Å². The Balaban J connectivity index is 2.73. The molecule has 5 heteroatoms. The molecule has 1 amide bonds. The normalized spacial score (nSPS) is 11.7. The SMILES string of the molecule is CC(NC(=O)c1ccc(N(C)C)cc1)C(N)=S. The van der Waals surface area contributed by atoms with Crippen LogP contribution in [0.3, 0.4) is 0 Å². The van der Waals surface area contributed by atoms with Crippen LogP contribution >= 0.6 is 12.2 Å². The first-order chi connectivity index (χ1) is 7.91. The van der Waals surface area contributed by atoms with E-state index in [0.717, 1.165) is 5.69 Å². The van der Waals surface area contributed by atoms with Crippen LogP contribution in [0, 0.1) is 0 Å². The van der Waals surface area contributed by atoms with Gasteiger partial charge in [-0.15, -0.1) is 0 Å². The van der Waals surface area contributed by atoms with Crippen molar-refractivity contribution in [3.63, 3.8) is 0 Å². The molecule has 1 atom stereocenters. The van der Waals surface area contributed by atoms with Gasteiger partial charge < -0.3 is 16.0 Å². The number of anilines is 1. The number of amides is 1. The molecule has 0 bridgehead atoms. The van der Waals surface area contributed by atoms with Crippen molar-refractivity contribution in [2.75, 3.05) is 19.0 Å². The van der Waals surface area contributed by atoms with E-state index in [2.05, 4.69) is 5.32 Å². The van der Waals surface area contributed by atoms with E-state index >= 15 is 0 Å². The van der Waals surface area contributed by atoms with Crippen LogP contribution in [-0.2, 0) is 0 Å². The van der Waals surface area contributed by atoms with Gasteiger partial charge in [-0.25, -0.2) is 0 Å². The fraction of sp³-hybridized carbons (Fsp3) is 0.333. The average molecular weight is 251 g/mol. The van der Waals surface area contributed by atoms with E-state index in [1.807, 2.05) is 31.1 Å². The van der Waals surface area contributed by atoms with Crippen molar-refractivity contribution < 1.29 is 4.79 Å². The zero-order chi connectivity index (χ0) is 13.0. The van der Waals surface area contributed by atoms with E-state index in [4.69, 9.17) is 18.0 Å². The number of nitrogens with one attached hydrogen (secondary N) is 1. The molecule has 0 aliphatic carbocycles. The van der Waals surface area contributed by atoms with E-state index in [0.29, 0.717) is 5.56 Å². The number of hydrogen-bond acceptors (Lipinski definition) is 3. The molecule has 0 spiro atoms. The second-order valence-corrected chi connectivity index (χ2v) is 4.51. The Kier molecular flexibility index (Phi) is 4.45. The highest BCUT2D eigenvalue weighted by atomic mass is 32.1. The van der Waals surface area contributed by atoms with Gasteiger partial charge in [0, 0.05) is 25.3 Å². The molecule has 0 aliphatic rings. The summed E-state index contributed by atoms with van der Waals surface area (Å²) >= 11 is 4.80. The Hall–Kier alpha value is -1.62. The third-order valence-corrected chi connectivity index (χ3v) is 2.77. The van der Waals surface area contributed by atoms with Crippen LogP contribution in [0.1, 0.15) is 17.3 Å². The number of carbonyl (C=O) groups is 1. The standard InChI is InChI=1S/C12H17N3OS/c1-8(11(13)17)14-12(16)9-4-6-10(7-5-9)15(2)3/h4-8H,1-3H3,(H2,13,17)(H,14,16). The molecule has 1 aromatic carbocycles. The van der Waals surface area contributed by atoms with Crippen LogP contribution in [-0.4, -0.2) is 31.0 Å². The number of nitrogens with zero attached hydrogens (tertiary/aromatic N) is 1. The van der Waals surface area contributed by atoms with Crippen molar-refractivity contribution in [3.05, 3.63) is 29.8 Å². The fourth-order valence-corrected chi connectivity index (χ4v) is 1.32. The quantitative estimate of drug-likeness (QED) is 0.788.